The molecule has 2 aromatic rings. The van der Waals surface area contributed by atoms with Crippen LogP contribution in [0.5, 0.6) is 5.75 Å². The van der Waals surface area contributed by atoms with Gasteiger partial charge < -0.3 is 15.0 Å². The van der Waals surface area contributed by atoms with Crippen molar-refractivity contribution in [3.63, 3.8) is 0 Å². The summed E-state index contributed by atoms with van der Waals surface area (Å²) in [6.45, 7) is 6.09. The van der Waals surface area contributed by atoms with Crippen LogP contribution < -0.4 is 15.0 Å². The van der Waals surface area contributed by atoms with Gasteiger partial charge in [-0.05, 0) is 25.1 Å². The van der Waals surface area contributed by atoms with Crippen LogP contribution in [0.4, 0.5) is 11.6 Å². The molecule has 1 amide bonds. The Labute approximate surface area is 147 Å². The van der Waals surface area contributed by atoms with E-state index in [1.54, 1.807) is 12.4 Å². The van der Waals surface area contributed by atoms with Crippen molar-refractivity contribution in [2.75, 3.05) is 49.5 Å². The standard InChI is InChI=1S/C18H23N5O2/c1-2-25-16-7-4-3-6-15(16)21-17(24)14-22-10-12-23(13-11-22)18-19-8-5-9-20-18/h3-9H,2,10-14H2,1H3,(H,21,24). The third-order valence-corrected chi connectivity index (χ3v) is 4.04. The van der Waals surface area contributed by atoms with Crippen LogP contribution >= 0.6 is 0 Å². The molecule has 0 unspecified atom stereocenters. The number of anilines is 2. The lowest BCUT2D eigenvalue weighted by molar-refractivity contribution is -0.117. The maximum Gasteiger partial charge on any atom is 0.238 e. The van der Waals surface area contributed by atoms with E-state index in [0.717, 1.165) is 32.1 Å². The van der Waals surface area contributed by atoms with Crippen LogP contribution in [0.25, 0.3) is 0 Å². The smallest absolute Gasteiger partial charge is 0.238 e. The molecule has 1 fully saturated rings. The molecule has 0 radical (unpaired) electrons. The Kier molecular flexibility index (Phi) is 5.79. The monoisotopic (exact) mass is 341 g/mol. The van der Waals surface area contributed by atoms with E-state index in [9.17, 15) is 4.79 Å². The molecule has 2 heterocycles. The first-order chi connectivity index (χ1) is 12.3. The van der Waals surface area contributed by atoms with E-state index < -0.39 is 0 Å². The molecule has 3 rings (SSSR count). The number of carbonyl (C=O) groups is 1. The molecule has 1 aliphatic rings. The summed E-state index contributed by atoms with van der Waals surface area (Å²) in [7, 11) is 0. The molecule has 7 heteroatoms. The maximum atomic E-state index is 12.3. The number of carbonyl (C=O) groups excluding carboxylic acids is 1. The predicted molar refractivity (Wildman–Crippen MR) is 96.9 cm³/mol. The molecule has 1 aromatic carbocycles. The number of hydrogen-bond acceptors (Lipinski definition) is 6. The summed E-state index contributed by atoms with van der Waals surface area (Å²) in [5.41, 5.74) is 0.714. The molecule has 7 nitrogen and oxygen atoms in total. The summed E-state index contributed by atoms with van der Waals surface area (Å²) in [4.78, 5) is 25.2. The second-order valence-corrected chi connectivity index (χ2v) is 5.79. The van der Waals surface area contributed by atoms with E-state index >= 15 is 0 Å². The van der Waals surface area contributed by atoms with Gasteiger partial charge in [0.25, 0.3) is 0 Å². The number of piperazine rings is 1. The lowest BCUT2D eigenvalue weighted by atomic mass is 10.2. The summed E-state index contributed by atoms with van der Waals surface area (Å²) in [6.07, 6.45) is 3.50. The second-order valence-electron chi connectivity index (χ2n) is 5.79. The Bertz CT molecular complexity index is 687. The number of benzene rings is 1. The summed E-state index contributed by atoms with van der Waals surface area (Å²) >= 11 is 0. The Balaban J connectivity index is 1.50. The zero-order valence-corrected chi connectivity index (χ0v) is 14.4. The number of nitrogens with zero attached hydrogens (tertiary/aromatic N) is 4. The largest absolute Gasteiger partial charge is 0.492 e. The van der Waals surface area contributed by atoms with Crippen LogP contribution in [0.15, 0.2) is 42.7 Å². The van der Waals surface area contributed by atoms with E-state index in [1.165, 1.54) is 0 Å². The summed E-state index contributed by atoms with van der Waals surface area (Å²) in [5.74, 6) is 1.42. The number of para-hydroxylation sites is 2. The van der Waals surface area contributed by atoms with Crippen LogP contribution in [0.3, 0.4) is 0 Å². The topological polar surface area (TPSA) is 70.6 Å². The van der Waals surface area contributed by atoms with Crippen molar-refractivity contribution in [2.45, 2.75) is 6.92 Å². The molecule has 132 valence electrons. The van der Waals surface area contributed by atoms with E-state index in [-0.39, 0.29) is 5.91 Å². The van der Waals surface area contributed by atoms with Crippen LogP contribution in [0.2, 0.25) is 0 Å². The molecule has 1 aromatic heterocycles. The van der Waals surface area contributed by atoms with Gasteiger partial charge in [0.1, 0.15) is 5.75 Å². The van der Waals surface area contributed by atoms with E-state index in [1.807, 2.05) is 37.3 Å². The highest BCUT2D eigenvalue weighted by molar-refractivity contribution is 5.93. The molecule has 0 atom stereocenters. The minimum atomic E-state index is -0.0310. The zero-order valence-electron chi connectivity index (χ0n) is 14.4. The number of aromatic nitrogens is 2. The predicted octanol–water partition coefficient (Wildman–Crippen LogP) is 1.64. The molecular weight excluding hydrogens is 318 g/mol. The molecule has 1 aliphatic heterocycles. The van der Waals surface area contributed by atoms with E-state index in [0.29, 0.717) is 24.6 Å². The van der Waals surface area contributed by atoms with E-state index in [4.69, 9.17) is 4.74 Å². The Hall–Kier alpha value is -2.67. The van der Waals surface area contributed by atoms with Gasteiger partial charge in [0, 0.05) is 38.6 Å². The number of nitrogens with one attached hydrogen (secondary N) is 1. The Morgan fingerprint density at radius 1 is 1.12 bits per heavy atom. The van der Waals surface area contributed by atoms with Crippen molar-refractivity contribution in [3.8, 4) is 5.75 Å². The van der Waals surface area contributed by atoms with E-state index in [2.05, 4.69) is 25.1 Å². The Morgan fingerprint density at radius 3 is 2.56 bits per heavy atom. The lowest BCUT2D eigenvalue weighted by Gasteiger charge is -2.34. The molecule has 0 spiro atoms. The van der Waals surface area contributed by atoms with Gasteiger partial charge in [-0.2, -0.15) is 0 Å². The van der Waals surface area contributed by atoms with Crippen molar-refractivity contribution in [3.05, 3.63) is 42.7 Å². The molecule has 0 bridgehead atoms. The molecule has 1 N–H and O–H groups in total. The zero-order chi connectivity index (χ0) is 17.5. The summed E-state index contributed by atoms with van der Waals surface area (Å²) < 4.78 is 5.54. The van der Waals surface area contributed by atoms with Gasteiger partial charge in [-0.25, -0.2) is 9.97 Å². The average molecular weight is 341 g/mol. The average Bonchev–Trinajstić information content (AvgIpc) is 2.65. The van der Waals surface area contributed by atoms with Crippen molar-refractivity contribution < 1.29 is 9.53 Å². The fraction of sp³-hybridized carbons (Fsp3) is 0.389. The van der Waals surface area contributed by atoms with Gasteiger partial charge in [-0.1, -0.05) is 12.1 Å². The van der Waals surface area contributed by atoms with Gasteiger partial charge in [0.15, 0.2) is 0 Å². The first kappa shape index (κ1) is 17.2. The van der Waals surface area contributed by atoms with Crippen LogP contribution in [-0.2, 0) is 4.79 Å². The van der Waals surface area contributed by atoms with Gasteiger partial charge in [-0.15, -0.1) is 0 Å². The fourth-order valence-corrected chi connectivity index (χ4v) is 2.80. The highest BCUT2D eigenvalue weighted by Gasteiger charge is 2.20. The van der Waals surface area contributed by atoms with Gasteiger partial charge in [0.05, 0.1) is 18.8 Å². The van der Waals surface area contributed by atoms with Gasteiger partial charge >= 0.3 is 0 Å². The van der Waals surface area contributed by atoms with Crippen LogP contribution in [0.1, 0.15) is 6.92 Å². The molecule has 0 saturated carbocycles. The molecular formula is C18H23N5O2. The van der Waals surface area contributed by atoms with Gasteiger partial charge in [0.2, 0.25) is 11.9 Å². The van der Waals surface area contributed by atoms with Gasteiger partial charge in [-0.3, -0.25) is 9.69 Å². The number of rotatable bonds is 6. The minimum Gasteiger partial charge on any atom is -0.492 e. The normalized spacial score (nSPS) is 15.0. The third kappa shape index (κ3) is 4.67. The fourth-order valence-electron chi connectivity index (χ4n) is 2.80. The summed E-state index contributed by atoms with van der Waals surface area (Å²) in [5, 5.41) is 2.94. The minimum absolute atomic E-state index is 0.0310. The Morgan fingerprint density at radius 2 is 1.84 bits per heavy atom. The number of amides is 1. The van der Waals surface area contributed by atoms with Crippen LogP contribution in [-0.4, -0.2) is 60.1 Å². The van der Waals surface area contributed by atoms with Crippen molar-refractivity contribution in [1.29, 1.82) is 0 Å². The number of hydrogen-bond donors (Lipinski definition) is 1. The number of ether oxygens (including phenoxy) is 1. The quantitative estimate of drug-likeness (QED) is 0.861. The second kappa shape index (κ2) is 8.43. The third-order valence-electron chi connectivity index (χ3n) is 4.04. The first-order valence-electron chi connectivity index (χ1n) is 8.52. The molecule has 0 aliphatic carbocycles. The molecule has 1 saturated heterocycles. The maximum absolute atomic E-state index is 12.3. The highest BCUT2D eigenvalue weighted by Crippen LogP contribution is 2.23. The molecule has 25 heavy (non-hydrogen) atoms. The SMILES string of the molecule is CCOc1ccccc1NC(=O)CN1CCN(c2ncccn2)CC1. The van der Waals surface area contributed by atoms with Crippen molar-refractivity contribution in [1.82, 2.24) is 14.9 Å². The van der Waals surface area contributed by atoms with Crippen molar-refractivity contribution >= 4 is 17.5 Å². The lowest BCUT2D eigenvalue weighted by Crippen LogP contribution is -2.49. The summed E-state index contributed by atoms with van der Waals surface area (Å²) in [6, 6.07) is 9.30. The van der Waals surface area contributed by atoms with Crippen LogP contribution in [0, 0.1) is 0 Å². The van der Waals surface area contributed by atoms with Crippen molar-refractivity contribution in [2.24, 2.45) is 0 Å². The highest BCUT2D eigenvalue weighted by atomic mass is 16.5. The first-order valence-corrected chi connectivity index (χ1v) is 8.52.